The van der Waals surface area contributed by atoms with Crippen LogP contribution in [0.3, 0.4) is 0 Å². The number of aromatic nitrogens is 2. The number of hydrogen-bond acceptors (Lipinski definition) is 5. The summed E-state index contributed by atoms with van der Waals surface area (Å²) in [6, 6.07) is 7.79. The third-order valence-electron chi connectivity index (χ3n) is 3.26. The van der Waals surface area contributed by atoms with Crippen molar-refractivity contribution in [3.63, 3.8) is 0 Å². The van der Waals surface area contributed by atoms with Crippen molar-refractivity contribution in [1.29, 1.82) is 0 Å². The molecule has 1 aromatic heterocycles. The molecule has 0 bridgehead atoms. The highest BCUT2D eigenvalue weighted by Crippen LogP contribution is 2.24. The van der Waals surface area contributed by atoms with Crippen molar-refractivity contribution in [2.45, 2.75) is 13.0 Å². The van der Waals surface area contributed by atoms with Crippen LogP contribution in [0.4, 0.5) is 10.3 Å². The summed E-state index contributed by atoms with van der Waals surface area (Å²) in [5.74, 6) is -0.0371. The molecule has 2 aromatic rings. The number of benzene rings is 1. The van der Waals surface area contributed by atoms with E-state index in [2.05, 4.69) is 15.1 Å². The fourth-order valence-corrected chi connectivity index (χ4v) is 1.91. The fourth-order valence-electron chi connectivity index (χ4n) is 1.91. The van der Waals surface area contributed by atoms with E-state index in [4.69, 9.17) is 10.9 Å². The number of amidine groups is 1. The Bertz CT molecular complexity index is 661. The minimum Gasteiger partial charge on any atom is -0.409 e. The SMILES string of the molecule is CC(c1ccccc1F)N(C)c1nccc(/C(N)=N/O)n1. The Hall–Kier alpha value is -2.70. The molecule has 0 amide bonds. The standard InChI is InChI=1S/C14H16FN5O/c1-9(10-5-3-4-6-11(10)15)20(2)14-17-8-7-12(18-14)13(16)19-21/h3-9,21H,1-2H3,(H2,16,19). The molecule has 6 nitrogen and oxygen atoms in total. The first-order chi connectivity index (χ1) is 10.0. The number of anilines is 1. The van der Waals surface area contributed by atoms with Crippen LogP contribution >= 0.6 is 0 Å². The number of hydrogen-bond donors (Lipinski definition) is 2. The van der Waals surface area contributed by atoms with Gasteiger partial charge < -0.3 is 15.8 Å². The lowest BCUT2D eigenvalue weighted by Gasteiger charge is -2.25. The van der Waals surface area contributed by atoms with Gasteiger partial charge in [0.05, 0.1) is 6.04 Å². The molecular formula is C14H16FN5O. The molecule has 0 aliphatic heterocycles. The van der Waals surface area contributed by atoms with Crippen molar-refractivity contribution < 1.29 is 9.60 Å². The van der Waals surface area contributed by atoms with E-state index in [1.165, 1.54) is 18.3 Å². The lowest BCUT2D eigenvalue weighted by atomic mass is 10.1. The molecule has 3 N–H and O–H groups in total. The van der Waals surface area contributed by atoms with Crippen molar-refractivity contribution in [2.24, 2.45) is 10.9 Å². The van der Waals surface area contributed by atoms with Gasteiger partial charge in [0.15, 0.2) is 5.84 Å². The van der Waals surface area contributed by atoms with Crippen LogP contribution in [0.5, 0.6) is 0 Å². The minimum atomic E-state index is -0.288. The van der Waals surface area contributed by atoms with Crippen LogP contribution in [-0.4, -0.2) is 28.1 Å². The van der Waals surface area contributed by atoms with Crippen LogP contribution in [0.25, 0.3) is 0 Å². The van der Waals surface area contributed by atoms with Crippen molar-refractivity contribution in [2.75, 3.05) is 11.9 Å². The monoisotopic (exact) mass is 289 g/mol. The quantitative estimate of drug-likeness (QED) is 0.388. The number of oxime groups is 1. The third kappa shape index (κ3) is 3.07. The highest BCUT2D eigenvalue weighted by atomic mass is 19.1. The summed E-state index contributed by atoms with van der Waals surface area (Å²) >= 11 is 0. The molecule has 2 rings (SSSR count). The number of rotatable bonds is 4. The Balaban J connectivity index is 2.32. The van der Waals surface area contributed by atoms with Crippen molar-refractivity contribution in [1.82, 2.24) is 9.97 Å². The maximum absolute atomic E-state index is 13.8. The van der Waals surface area contributed by atoms with Gasteiger partial charge in [-0.05, 0) is 19.1 Å². The first kappa shape index (κ1) is 14.7. The second-order valence-corrected chi connectivity index (χ2v) is 4.54. The normalized spacial score (nSPS) is 13.0. The van der Waals surface area contributed by atoms with E-state index in [0.717, 1.165) is 0 Å². The Morgan fingerprint density at radius 2 is 2.10 bits per heavy atom. The van der Waals surface area contributed by atoms with E-state index >= 15 is 0 Å². The summed E-state index contributed by atoms with van der Waals surface area (Å²) in [7, 11) is 1.75. The number of nitrogens with zero attached hydrogens (tertiary/aromatic N) is 4. The van der Waals surface area contributed by atoms with Gasteiger partial charge in [-0.1, -0.05) is 23.4 Å². The molecule has 0 spiro atoms. The zero-order valence-electron chi connectivity index (χ0n) is 11.7. The topological polar surface area (TPSA) is 87.6 Å². The summed E-state index contributed by atoms with van der Waals surface area (Å²) in [6.45, 7) is 1.85. The Morgan fingerprint density at radius 3 is 2.76 bits per heavy atom. The third-order valence-corrected chi connectivity index (χ3v) is 3.26. The largest absolute Gasteiger partial charge is 0.409 e. The predicted molar refractivity (Wildman–Crippen MR) is 77.8 cm³/mol. The van der Waals surface area contributed by atoms with Gasteiger partial charge in [-0.25, -0.2) is 14.4 Å². The maximum Gasteiger partial charge on any atom is 0.226 e. The van der Waals surface area contributed by atoms with Gasteiger partial charge in [-0.3, -0.25) is 0 Å². The number of halogens is 1. The van der Waals surface area contributed by atoms with Gasteiger partial charge in [0.25, 0.3) is 0 Å². The molecule has 0 fully saturated rings. The molecule has 21 heavy (non-hydrogen) atoms. The molecule has 7 heteroatoms. The highest BCUT2D eigenvalue weighted by molar-refractivity contribution is 5.95. The van der Waals surface area contributed by atoms with Crippen LogP contribution in [0.15, 0.2) is 41.7 Å². The molecule has 1 atom stereocenters. The van der Waals surface area contributed by atoms with E-state index in [0.29, 0.717) is 17.2 Å². The molecule has 0 saturated carbocycles. The van der Waals surface area contributed by atoms with Crippen LogP contribution in [-0.2, 0) is 0 Å². The van der Waals surface area contributed by atoms with E-state index < -0.39 is 0 Å². The Kier molecular flexibility index (Phi) is 4.32. The zero-order valence-corrected chi connectivity index (χ0v) is 11.7. The molecule has 1 aromatic carbocycles. The molecule has 0 aliphatic rings. The molecule has 110 valence electrons. The van der Waals surface area contributed by atoms with E-state index in [1.54, 1.807) is 30.1 Å². The molecule has 1 unspecified atom stereocenters. The van der Waals surface area contributed by atoms with E-state index in [-0.39, 0.29) is 17.7 Å². The molecular weight excluding hydrogens is 273 g/mol. The molecule has 0 saturated heterocycles. The summed E-state index contributed by atoms with van der Waals surface area (Å²) in [6.07, 6.45) is 1.50. The van der Waals surface area contributed by atoms with Gasteiger partial charge >= 0.3 is 0 Å². The van der Waals surface area contributed by atoms with E-state index in [1.807, 2.05) is 6.92 Å². The maximum atomic E-state index is 13.8. The first-order valence-electron chi connectivity index (χ1n) is 6.32. The Morgan fingerprint density at radius 1 is 1.38 bits per heavy atom. The zero-order chi connectivity index (χ0) is 15.4. The number of nitrogens with two attached hydrogens (primary N) is 1. The second kappa shape index (κ2) is 6.17. The predicted octanol–water partition coefficient (Wildman–Crippen LogP) is 1.91. The molecule has 0 radical (unpaired) electrons. The second-order valence-electron chi connectivity index (χ2n) is 4.54. The van der Waals surface area contributed by atoms with Crippen molar-refractivity contribution in [3.8, 4) is 0 Å². The fraction of sp³-hybridized carbons (Fsp3) is 0.214. The van der Waals surface area contributed by atoms with Crippen molar-refractivity contribution >= 4 is 11.8 Å². The van der Waals surface area contributed by atoms with Crippen LogP contribution in [0.1, 0.15) is 24.2 Å². The van der Waals surface area contributed by atoms with Gasteiger partial charge in [-0.15, -0.1) is 0 Å². The van der Waals surface area contributed by atoms with Gasteiger partial charge in [-0.2, -0.15) is 0 Å². The molecule has 0 aliphatic carbocycles. The van der Waals surface area contributed by atoms with E-state index in [9.17, 15) is 4.39 Å². The van der Waals surface area contributed by atoms with Crippen molar-refractivity contribution in [3.05, 3.63) is 53.6 Å². The smallest absolute Gasteiger partial charge is 0.226 e. The Labute approximate surface area is 121 Å². The average Bonchev–Trinajstić information content (AvgIpc) is 2.53. The summed E-state index contributed by atoms with van der Waals surface area (Å²) in [4.78, 5) is 10.0. The van der Waals surface area contributed by atoms with Gasteiger partial charge in [0.1, 0.15) is 11.5 Å². The summed E-state index contributed by atoms with van der Waals surface area (Å²) in [5.41, 5.74) is 6.35. The molecule has 1 heterocycles. The average molecular weight is 289 g/mol. The van der Waals surface area contributed by atoms with Crippen LogP contribution in [0, 0.1) is 5.82 Å². The van der Waals surface area contributed by atoms with Crippen LogP contribution < -0.4 is 10.6 Å². The summed E-state index contributed by atoms with van der Waals surface area (Å²) < 4.78 is 13.8. The minimum absolute atomic E-state index is 0.106. The lowest BCUT2D eigenvalue weighted by molar-refractivity contribution is 0.318. The first-order valence-corrected chi connectivity index (χ1v) is 6.32. The summed E-state index contributed by atoms with van der Waals surface area (Å²) in [5, 5.41) is 11.6. The van der Waals surface area contributed by atoms with Gasteiger partial charge in [0.2, 0.25) is 5.95 Å². The van der Waals surface area contributed by atoms with Crippen LogP contribution in [0.2, 0.25) is 0 Å². The van der Waals surface area contributed by atoms with Gasteiger partial charge in [0, 0.05) is 18.8 Å². The lowest BCUT2D eigenvalue weighted by Crippen LogP contribution is -2.26. The highest BCUT2D eigenvalue weighted by Gasteiger charge is 2.18.